The van der Waals surface area contributed by atoms with E-state index in [2.05, 4.69) is 4.98 Å². The maximum Gasteiger partial charge on any atom is 0.300 e. The minimum atomic E-state index is -0.952. The Balaban J connectivity index is 1.66. The molecule has 1 amide bonds. The van der Waals surface area contributed by atoms with E-state index in [9.17, 15) is 19.1 Å². The van der Waals surface area contributed by atoms with Gasteiger partial charge in [-0.1, -0.05) is 66.7 Å². The van der Waals surface area contributed by atoms with Gasteiger partial charge >= 0.3 is 0 Å². The summed E-state index contributed by atoms with van der Waals surface area (Å²) in [6, 6.07) is 25.0. The number of hydrogen-bond donors (Lipinski definition) is 2. The molecule has 5 aromatic rings. The summed E-state index contributed by atoms with van der Waals surface area (Å²) in [5.74, 6) is -2.45. The number of nitrogens with zero attached hydrogens (tertiary/aromatic N) is 1. The van der Waals surface area contributed by atoms with Crippen LogP contribution in [0.1, 0.15) is 17.2 Å². The molecule has 4 aromatic carbocycles. The third kappa shape index (κ3) is 3.22. The number of halogens is 1. The number of carbonyl (C=O) groups is 2. The molecular weight excluding hydrogens is 443 g/mol. The van der Waals surface area contributed by atoms with Crippen molar-refractivity contribution in [3.63, 3.8) is 0 Å². The van der Waals surface area contributed by atoms with Crippen LogP contribution in [0.2, 0.25) is 0 Å². The average molecular weight is 462 g/mol. The zero-order valence-corrected chi connectivity index (χ0v) is 18.4. The number of fused-ring (bicyclic) bond motifs is 2. The second-order valence-corrected chi connectivity index (χ2v) is 8.47. The number of para-hydroxylation sites is 1. The van der Waals surface area contributed by atoms with Crippen LogP contribution in [0, 0.1) is 5.82 Å². The van der Waals surface area contributed by atoms with E-state index in [4.69, 9.17) is 0 Å². The quantitative estimate of drug-likeness (QED) is 0.194. The predicted molar refractivity (Wildman–Crippen MR) is 133 cm³/mol. The largest absolute Gasteiger partial charge is 0.507 e. The van der Waals surface area contributed by atoms with E-state index < -0.39 is 23.5 Å². The molecule has 0 spiro atoms. The molecule has 170 valence electrons. The molecule has 2 heterocycles. The summed E-state index contributed by atoms with van der Waals surface area (Å²) < 4.78 is 14.2. The highest BCUT2D eigenvalue weighted by Gasteiger charge is 2.47. The summed E-state index contributed by atoms with van der Waals surface area (Å²) in [6.07, 6.45) is 1.73. The van der Waals surface area contributed by atoms with Crippen molar-refractivity contribution in [3.05, 3.63) is 120 Å². The monoisotopic (exact) mass is 462 g/mol. The number of aromatic amines is 1. The first-order valence-electron chi connectivity index (χ1n) is 11.2. The number of Topliss-reactive ketones (excluding diaryl/α,β-unsaturated/α-hetero) is 1. The minimum absolute atomic E-state index is 0.0413. The second kappa shape index (κ2) is 7.95. The molecule has 0 aliphatic carbocycles. The van der Waals surface area contributed by atoms with Crippen LogP contribution in [-0.4, -0.2) is 21.8 Å². The van der Waals surface area contributed by atoms with E-state index in [1.54, 1.807) is 24.4 Å². The summed E-state index contributed by atoms with van der Waals surface area (Å²) in [6.45, 7) is 0. The summed E-state index contributed by atoms with van der Waals surface area (Å²) in [7, 11) is 0. The number of carbonyl (C=O) groups excluding carboxylic acids is 2. The van der Waals surface area contributed by atoms with Gasteiger partial charge in [0.1, 0.15) is 11.6 Å². The third-order valence-corrected chi connectivity index (χ3v) is 6.49. The van der Waals surface area contributed by atoms with Crippen molar-refractivity contribution in [3.8, 4) is 0 Å². The molecule has 1 aliphatic heterocycles. The van der Waals surface area contributed by atoms with E-state index >= 15 is 0 Å². The molecule has 6 rings (SSSR count). The van der Waals surface area contributed by atoms with E-state index in [0.29, 0.717) is 11.1 Å². The van der Waals surface area contributed by atoms with Crippen LogP contribution < -0.4 is 4.90 Å². The molecule has 1 aromatic heterocycles. The number of ketones is 1. The molecule has 1 unspecified atom stereocenters. The van der Waals surface area contributed by atoms with Crippen LogP contribution in [0.5, 0.6) is 0 Å². The first kappa shape index (κ1) is 20.9. The molecule has 0 saturated carbocycles. The zero-order chi connectivity index (χ0) is 24.1. The Hall–Kier alpha value is -4.71. The Labute approximate surface area is 199 Å². The highest BCUT2D eigenvalue weighted by Crippen LogP contribution is 2.44. The van der Waals surface area contributed by atoms with Crippen molar-refractivity contribution >= 4 is 44.8 Å². The Kier molecular flexibility index (Phi) is 4.74. The van der Waals surface area contributed by atoms with Crippen LogP contribution in [-0.2, 0) is 9.59 Å². The molecule has 2 N–H and O–H groups in total. The van der Waals surface area contributed by atoms with Gasteiger partial charge in [0.25, 0.3) is 11.7 Å². The molecule has 1 saturated heterocycles. The third-order valence-electron chi connectivity index (χ3n) is 6.49. The Morgan fingerprint density at radius 1 is 0.857 bits per heavy atom. The molecule has 6 heteroatoms. The molecule has 0 radical (unpaired) electrons. The number of benzene rings is 4. The Morgan fingerprint density at radius 3 is 2.40 bits per heavy atom. The number of nitrogens with one attached hydrogen (secondary N) is 1. The van der Waals surface area contributed by atoms with Gasteiger partial charge in [-0.15, -0.1) is 0 Å². The maximum absolute atomic E-state index is 14.2. The van der Waals surface area contributed by atoms with Crippen molar-refractivity contribution in [1.29, 1.82) is 0 Å². The number of rotatable bonds is 3. The second-order valence-electron chi connectivity index (χ2n) is 8.47. The molecule has 1 atom stereocenters. The maximum atomic E-state index is 14.2. The molecule has 1 aliphatic rings. The SMILES string of the molecule is O=C1C(=O)N(c2cccc(F)c2)C(c2c[nH]c3ccccc23)/C1=C(\O)c1cccc2ccccc12. The first-order chi connectivity index (χ1) is 17.0. The average Bonchev–Trinajstić information content (AvgIpc) is 3.41. The number of H-pyrrole nitrogens is 1. The van der Waals surface area contributed by atoms with Crippen LogP contribution in [0.4, 0.5) is 10.1 Å². The topological polar surface area (TPSA) is 73.4 Å². The smallest absolute Gasteiger partial charge is 0.300 e. The van der Waals surface area contributed by atoms with Gasteiger partial charge in [-0.25, -0.2) is 4.39 Å². The minimum Gasteiger partial charge on any atom is -0.507 e. The van der Waals surface area contributed by atoms with Gasteiger partial charge in [0, 0.05) is 33.9 Å². The van der Waals surface area contributed by atoms with Gasteiger partial charge in [-0.05, 0) is 35.0 Å². The fourth-order valence-corrected chi connectivity index (χ4v) is 4.92. The van der Waals surface area contributed by atoms with Crippen molar-refractivity contribution in [2.24, 2.45) is 0 Å². The number of hydrogen-bond acceptors (Lipinski definition) is 3. The number of aliphatic hydroxyl groups is 1. The lowest BCUT2D eigenvalue weighted by Crippen LogP contribution is -2.29. The number of anilines is 1. The van der Waals surface area contributed by atoms with Gasteiger partial charge in [-0.2, -0.15) is 0 Å². The van der Waals surface area contributed by atoms with Gasteiger partial charge in [0.15, 0.2) is 0 Å². The van der Waals surface area contributed by atoms with Crippen LogP contribution in [0.15, 0.2) is 103 Å². The van der Waals surface area contributed by atoms with E-state index in [1.807, 2.05) is 54.6 Å². The van der Waals surface area contributed by atoms with Crippen LogP contribution >= 0.6 is 0 Å². The lowest BCUT2D eigenvalue weighted by atomic mass is 9.93. The van der Waals surface area contributed by atoms with Gasteiger partial charge in [0.05, 0.1) is 11.6 Å². The van der Waals surface area contributed by atoms with E-state index in [1.165, 1.54) is 23.1 Å². The van der Waals surface area contributed by atoms with Gasteiger partial charge < -0.3 is 10.1 Å². The summed E-state index contributed by atoms with van der Waals surface area (Å²) in [5.41, 5.74) is 2.09. The number of amides is 1. The summed E-state index contributed by atoms with van der Waals surface area (Å²) in [4.78, 5) is 31.3. The summed E-state index contributed by atoms with van der Waals surface area (Å²) >= 11 is 0. The Bertz CT molecular complexity index is 1680. The highest BCUT2D eigenvalue weighted by molar-refractivity contribution is 6.52. The predicted octanol–water partition coefficient (Wildman–Crippen LogP) is 6.09. The van der Waals surface area contributed by atoms with Crippen LogP contribution in [0.25, 0.3) is 27.4 Å². The van der Waals surface area contributed by atoms with E-state index in [0.717, 1.165) is 21.7 Å². The van der Waals surface area contributed by atoms with Crippen molar-refractivity contribution in [2.75, 3.05) is 4.90 Å². The Morgan fingerprint density at radius 2 is 1.57 bits per heavy atom. The first-order valence-corrected chi connectivity index (χ1v) is 11.2. The molecule has 1 fully saturated rings. The number of aromatic nitrogens is 1. The van der Waals surface area contributed by atoms with Crippen LogP contribution in [0.3, 0.4) is 0 Å². The fourth-order valence-electron chi connectivity index (χ4n) is 4.92. The summed E-state index contributed by atoms with van der Waals surface area (Å²) in [5, 5.41) is 14.0. The molecule has 35 heavy (non-hydrogen) atoms. The lowest BCUT2D eigenvalue weighted by molar-refractivity contribution is -0.132. The fraction of sp³-hybridized carbons (Fsp3) is 0.0345. The molecule has 0 bridgehead atoms. The lowest BCUT2D eigenvalue weighted by Gasteiger charge is -2.25. The van der Waals surface area contributed by atoms with Gasteiger partial charge in [-0.3, -0.25) is 14.5 Å². The van der Waals surface area contributed by atoms with E-state index in [-0.39, 0.29) is 17.0 Å². The van der Waals surface area contributed by atoms with Crippen molar-refractivity contribution < 1.29 is 19.1 Å². The van der Waals surface area contributed by atoms with Crippen molar-refractivity contribution in [1.82, 2.24) is 4.98 Å². The highest BCUT2D eigenvalue weighted by atomic mass is 19.1. The standard InChI is InChI=1S/C29H19FN2O3/c30-18-9-6-10-19(15-18)32-26(23-16-31-24-14-4-3-12-21(23)24)25(28(34)29(32)35)27(33)22-13-5-8-17-7-1-2-11-20(17)22/h1-16,26,31,33H/b27-25+. The molecule has 5 nitrogen and oxygen atoms in total. The normalized spacial score (nSPS) is 17.5. The number of aliphatic hydroxyl groups excluding tert-OH is 1. The van der Waals surface area contributed by atoms with Crippen molar-refractivity contribution in [2.45, 2.75) is 6.04 Å². The zero-order valence-electron chi connectivity index (χ0n) is 18.4. The van der Waals surface area contributed by atoms with Gasteiger partial charge in [0.2, 0.25) is 0 Å². The molecular formula is C29H19FN2O3.